The number of anilines is 1. The summed E-state index contributed by atoms with van der Waals surface area (Å²) in [5.41, 5.74) is 1.14. The number of carbonyl (C=O) groups excluding carboxylic acids is 1. The van der Waals surface area contributed by atoms with Gasteiger partial charge < -0.3 is 5.32 Å². The molecule has 0 aliphatic heterocycles. The van der Waals surface area contributed by atoms with Gasteiger partial charge in [0.05, 0.1) is 23.0 Å². The van der Waals surface area contributed by atoms with E-state index in [1.54, 1.807) is 12.3 Å². The molecular weight excluding hydrogens is 329 g/mol. The first-order valence-electron chi connectivity index (χ1n) is 7.43. The quantitative estimate of drug-likeness (QED) is 0.688. The number of hydrogen-bond donors (Lipinski definition) is 1. The summed E-state index contributed by atoms with van der Waals surface area (Å²) in [7, 11) is 0. The Morgan fingerprint density at radius 2 is 1.76 bits per heavy atom. The van der Waals surface area contributed by atoms with E-state index in [-0.39, 0.29) is 0 Å². The smallest absolute Gasteiger partial charge is 0.321 e. The average Bonchev–Trinajstić information content (AvgIpc) is 2.59. The molecular formula is C19H13F3N2O. The zero-order valence-electron chi connectivity index (χ0n) is 12.9. The average molecular weight is 342 g/mol. The zero-order chi connectivity index (χ0) is 17.9. The topological polar surface area (TPSA) is 42.0 Å². The highest BCUT2D eigenvalue weighted by molar-refractivity contribution is 6.02. The van der Waals surface area contributed by atoms with E-state index >= 15 is 0 Å². The Morgan fingerprint density at radius 1 is 1.04 bits per heavy atom. The van der Waals surface area contributed by atoms with Crippen molar-refractivity contribution in [1.29, 1.82) is 0 Å². The number of amides is 1. The van der Waals surface area contributed by atoms with E-state index in [1.807, 2.05) is 24.3 Å². The number of fused-ring (bicyclic) bond motifs is 1. The molecule has 0 aliphatic carbocycles. The zero-order valence-corrected chi connectivity index (χ0v) is 12.9. The molecule has 1 heterocycles. The standard InChI is InChI=1S/C19H13F3N2O/c20-19(21,22)15-8-5-13(6-9-15)7-10-18(25)24-16-11-14-3-1-2-4-17(14)23-12-16/h1-12H,(H,24,25). The highest BCUT2D eigenvalue weighted by Gasteiger charge is 2.29. The van der Waals surface area contributed by atoms with Crippen LogP contribution in [0.1, 0.15) is 11.1 Å². The lowest BCUT2D eigenvalue weighted by Crippen LogP contribution is -2.08. The van der Waals surface area contributed by atoms with Crippen LogP contribution in [0.4, 0.5) is 18.9 Å². The number of pyridine rings is 1. The Labute approximate surface area is 141 Å². The van der Waals surface area contributed by atoms with E-state index in [0.717, 1.165) is 23.0 Å². The number of halogens is 3. The number of aromatic nitrogens is 1. The largest absolute Gasteiger partial charge is 0.416 e. The van der Waals surface area contributed by atoms with Crippen molar-refractivity contribution >= 4 is 28.6 Å². The summed E-state index contributed by atoms with van der Waals surface area (Å²) in [5, 5.41) is 3.57. The van der Waals surface area contributed by atoms with Gasteiger partial charge in [0.1, 0.15) is 0 Å². The second-order valence-corrected chi connectivity index (χ2v) is 5.36. The van der Waals surface area contributed by atoms with Crippen molar-refractivity contribution in [2.75, 3.05) is 5.32 Å². The second-order valence-electron chi connectivity index (χ2n) is 5.36. The Kier molecular flexibility index (Phi) is 4.52. The molecule has 1 aromatic heterocycles. The molecule has 3 rings (SSSR count). The van der Waals surface area contributed by atoms with Crippen molar-refractivity contribution in [1.82, 2.24) is 4.98 Å². The molecule has 25 heavy (non-hydrogen) atoms. The van der Waals surface area contributed by atoms with E-state index in [2.05, 4.69) is 10.3 Å². The van der Waals surface area contributed by atoms with Crippen LogP contribution < -0.4 is 5.32 Å². The summed E-state index contributed by atoms with van der Waals surface area (Å²) in [5.74, 6) is -0.392. The van der Waals surface area contributed by atoms with Gasteiger partial charge in [-0.15, -0.1) is 0 Å². The number of nitrogens with one attached hydrogen (secondary N) is 1. The van der Waals surface area contributed by atoms with E-state index in [0.29, 0.717) is 11.3 Å². The molecule has 0 aliphatic rings. The maximum atomic E-state index is 12.5. The maximum absolute atomic E-state index is 12.5. The summed E-state index contributed by atoms with van der Waals surface area (Å²) < 4.78 is 37.5. The van der Waals surface area contributed by atoms with Crippen molar-refractivity contribution < 1.29 is 18.0 Å². The highest BCUT2D eigenvalue weighted by atomic mass is 19.4. The van der Waals surface area contributed by atoms with Crippen LogP contribution in [0.5, 0.6) is 0 Å². The lowest BCUT2D eigenvalue weighted by Gasteiger charge is -2.06. The molecule has 0 atom stereocenters. The van der Waals surface area contributed by atoms with Gasteiger partial charge in [0, 0.05) is 11.5 Å². The maximum Gasteiger partial charge on any atom is 0.416 e. The van der Waals surface area contributed by atoms with Crippen molar-refractivity contribution in [3.8, 4) is 0 Å². The molecule has 0 fully saturated rings. The van der Waals surface area contributed by atoms with Crippen LogP contribution in [0.2, 0.25) is 0 Å². The van der Waals surface area contributed by atoms with Gasteiger partial charge in [-0.3, -0.25) is 9.78 Å². The molecule has 3 nitrogen and oxygen atoms in total. The molecule has 3 aromatic rings. The van der Waals surface area contributed by atoms with Crippen LogP contribution in [-0.4, -0.2) is 10.9 Å². The van der Waals surface area contributed by atoms with Gasteiger partial charge in [0.2, 0.25) is 5.91 Å². The highest BCUT2D eigenvalue weighted by Crippen LogP contribution is 2.29. The van der Waals surface area contributed by atoms with Gasteiger partial charge in [0.25, 0.3) is 0 Å². The molecule has 0 radical (unpaired) electrons. The van der Waals surface area contributed by atoms with Crippen LogP contribution in [0.25, 0.3) is 17.0 Å². The molecule has 1 N–H and O–H groups in total. The minimum absolute atomic E-state index is 0.392. The summed E-state index contributed by atoms with van der Waals surface area (Å²) in [6.45, 7) is 0. The third-order valence-electron chi connectivity index (χ3n) is 3.52. The summed E-state index contributed by atoms with van der Waals surface area (Å²) in [4.78, 5) is 16.2. The van der Waals surface area contributed by atoms with E-state index < -0.39 is 17.6 Å². The van der Waals surface area contributed by atoms with Gasteiger partial charge >= 0.3 is 6.18 Å². The Balaban J connectivity index is 1.67. The number of para-hydroxylation sites is 1. The fraction of sp³-hybridized carbons (Fsp3) is 0.0526. The summed E-state index contributed by atoms with van der Waals surface area (Å²) in [6.07, 6.45) is -0.114. The molecule has 126 valence electrons. The first-order chi connectivity index (χ1) is 11.9. The van der Waals surface area contributed by atoms with Crippen LogP contribution in [0.3, 0.4) is 0 Å². The van der Waals surface area contributed by atoms with Crippen molar-refractivity contribution in [3.05, 3.63) is 78.0 Å². The Hall–Kier alpha value is -3.15. The number of hydrogen-bond acceptors (Lipinski definition) is 2. The fourth-order valence-corrected chi connectivity index (χ4v) is 2.28. The van der Waals surface area contributed by atoms with Gasteiger partial charge in [0.15, 0.2) is 0 Å². The number of rotatable bonds is 3. The number of alkyl halides is 3. The molecule has 0 spiro atoms. The SMILES string of the molecule is O=C(C=Cc1ccc(C(F)(F)F)cc1)Nc1cnc2ccccc2c1. The number of benzene rings is 2. The van der Waals surface area contributed by atoms with Gasteiger partial charge in [-0.05, 0) is 35.9 Å². The molecule has 0 bridgehead atoms. The van der Waals surface area contributed by atoms with Gasteiger partial charge in [-0.1, -0.05) is 30.3 Å². The lowest BCUT2D eigenvalue weighted by molar-refractivity contribution is -0.137. The fourth-order valence-electron chi connectivity index (χ4n) is 2.28. The third kappa shape index (κ3) is 4.23. The lowest BCUT2D eigenvalue weighted by atomic mass is 10.1. The second kappa shape index (κ2) is 6.76. The summed E-state index contributed by atoms with van der Waals surface area (Å²) >= 11 is 0. The Bertz CT molecular complexity index is 931. The molecule has 2 aromatic carbocycles. The minimum Gasteiger partial charge on any atom is -0.321 e. The van der Waals surface area contributed by atoms with E-state index in [9.17, 15) is 18.0 Å². The normalized spacial score (nSPS) is 11.8. The predicted octanol–water partition coefficient (Wildman–Crippen LogP) is 4.91. The number of nitrogens with zero attached hydrogens (tertiary/aromatic N) is 1. The van der Waals surface area contributed by atoms with Crippen molar-refractivity contribution in [2.24, 2.45) is 0 Å². The first-order valence-corrected chi connectivity index (χ1v) is 7.43. The van der Waals surface area contributed by atoms with Crippen LogP contribution in [0, 0.1) is 0 Å². The Morgan fingerprint density at radius 3 is 2.48 bits per heavy atom. The van der Waals surface area contributed by atoms with Crippen molar-refractivity contribution in [2.45, 2.75) is 6.18 Å². The van der Waals surface area contributed by atoms with Gasteiger partial charge in [-0.25, -0.2) is 0 Å². The monoisotopic (exact) mass is 342 g/mol. The minimum atomic E-state index is -4.37. The molecule has 1 amide bonds. The van der Waals surface area contributed by atoms with Crippen molar-refractivity contribution in [3.63, 3.8) is 0 Å². The first kappa shape index (κ1) is 16.7. The molecule has 6 heteroatoms. The molecule has 0 saturated heterocycles. The molecule has 0 unspecified atom stereocenters. The predicted molar refractivity (Wildman–Crippen MR) is 90.9 cm³/mol. The molecule has 0 saturated carbocycles. The van der Waals surface area contributed by atoms with Crippen LogP contribution >= 0.6 is 0 Å². The van der Waals surface area contributed by atoms with Crippen LogP contribution in [0.15, 0.2) is 66.9 Å². The van der Waals surface area contributed by atoms with E-state index in [1.165, 1.54) is 24.3 Å². The summed E-state index contributed by atoms with van der Waals surface area (Å²) in [6, 6.07) is 13.9. The number of carbonyl (C=O) groups is 1. The third-order valence-corrected chi connectivity index (χ3v) is 3.52. The van der Waals surface area contributed by atoms with E-state index in [4.69, 9.17) is 0 Å². The van der Waals surface area contributed by atoms with Crippen LogP contribution in [-0.2, 0) is 11.0 Å². The van der Waals surface area contributed by atoms with Gasteiger partial charge in [-0.2, -0.15) is 13.2 Å².